The molecule has 0 bridgehead atoms. The number of aromatic nitrogens is 3. The predicted octanol–water partition coefficient (Wildman–Crippen LogP) is 3.43. The van der Waals surface area contributed by atoms with Gasteiger partial charge in [-0.1, -0.05) is 13.8 Å². The lowest BCUT2D eigenvalue weighted by atomic mass is 10.0. The third kappa shape index (κ3) is 4.13. The molecule has 2 aliphatic rings. The lowest BCUT2D eigenvalue weighted by Gasteiger charge is -2.29. The number of hydrogen-bond acceptors (Lipinski definition) is 6. The van der Waals surface area contributed by atoms with Crippen LogP contribution < -0.4 is 9.64 Å². The van der Waals surface area contributed by atoms with Gasteiger partial charge in [0.1, 0.15) is 5.75 Å². The van der Waals surface area contributed by atoms with Crippen molar-refractivity contribution in [3.8, 4) is 5.75 Å². The number of carbonyl (C=O) groups excluding carboxylic acids is 1. The van der Waals surface area contributed by atoms with E-state index < -0.39 is 0 Å². The van der Waals surface area contributed by atoms with Crippen molar-refractivity contribution in [3.05, 3.63) is 29.2 Å². The first kappa shape index (κ1) is 21.6. The minimum Gasteiger partial charge on any atom is -0.495 e. The molecule has 1 fully saturated rings. The number of fused-ring (bicyclic) bond motifs is 1. The van der Waals surface area contributed by atoms with Crippen molar-refractivity contribution in [2.24, 2.45) is 0 Å². The normalized spacial score (nSPS) is 17.0. The zero-order chi connectivity index (χ0) is 22.1. The smallest absolute Gasteiger partial charge is 0.219 e. The number of rotatable bonds is 5. The highest BCUT2D eigenvalue weighted by Gasteiger charge is 2.31. The molecule has 168 valence electrons. The van der Waals surface area contributed by atoms with Crippen LogP contribution in [-0.2, 0) is 22.5 Å². The van der Waals surface area contributed by atoms with Gasteiger partial charge in [-0.2, -0.15) is 5.10 Å². The van der Waals surface area contributed by atoms with Gasteiger partial charge in [0.2, 0.25) is 5.91 Å². The molecule has 8 nitrogen and oxygen atoms in total. The Morgan fingerprint density at radius 1 is 1.32 bits per heavy atom. The molecule has 2 aromatic heterocycles. The van der Waals surface area contributed by atoms with Crippen LogP contribution >= 0.6 is 0 Å². The number of anilines is 2. The number of amides is 1. The second kappa shape index (κ2) is 8.86. The third-order valence-electron chi connectivity index (χ3n) is 6.39. The van der Waals surface area contributed by atoms with Gasteiger partial charge in [0.25, 0.3) is 0 Å². The molecule has 1 amide bonds. The van der Waals surface area contributed by atoms with Crippen LogP contribution in [0.25, 0.3) is 0 Å². The summed E-state index contributed by atoms with van der Waals surface area (Å²) < 4.78 is 13.4. The number of ether oxygens (including phenoxy) is 2. The van der Waals surface area contributed by atoms with E-state index in [-0.39, 0.29) is 11.8 Å². The lowest BCUT2D eigenvalue weighted by molar-refractivity contribution is -0.129. The van der Waals surface area contributed by atoms with Crippen LogP contribution in [0.3, 0.4) is 0 Å². The van der Waals surface area contributed by atoms with Gasteiger partial charge in [-0.15, -0.1) is 0 Å². The van der Waals surface area contributed by atoms with E-state index in [2.05, 4.69) is 28.4 Å². The van der Waals surface area contributed by atoms with E-state index in [1.807, 2.05) is 24.2 Å². The minimum atomic E-state index is 0.0997. The molecular weight excluding hydrogens is 394 g/mol. The Bertz CT molecular complexity index is 949. The topological polar surface area (TPSA) is 72.7 Å². The van der Waals surface area contributed by atoms with Crippen LogP contribution in [0.15, 0.2) is 12.3 Å². The first-order valence-electron chi connectivity index (χ1n) is 11.1. The summed E-state index contributed by atoms with van der Waals surface area (Å²) >= 11 is 0. The van der Waals surface area contributed by atoms with Crippen LogP contribution in [0.4, 0.5) is 11.5 Å². The van der Waals surface area contributed by atoms with Crippen molar-refractivity contribution in [1.82, 2.24) is 19.7 Å². The van der Waals surface area contributed by atoms with Gasteiger partial charge in [-0.05, 0) is 18.8 Å². The molecule has 0 atom stereocenters. The fraction of sp³-hybridized carbons (Fsp3) is 0.609. The fourth-order valence-corrected chi connectivity index (χ4v) is 4.55. The zero-order valence-electron chi connectivity index (χ0n) is 19.2. The molecular formula is C23H33N5O3. The van der Waals surface area contributed by atoms with Crippen LogP contribution in [0.1, 0.15) is 62.5 Å². The van der Waals surface area contributed by atoms with Crippen LogP contribution in [0.2, 0.25) is 0 Å². The molecule has 31 heavy (non-hydrogen) atoms. The third-order valence-corrected chi connectivity index (χ3v) is 6.39. The summed E-state index contributed by atoms with van der Waals surface area (Å²) in [5, 5.41) is 5.08. The average Bonchev–Trinajstić information content (AvgIpc) is 3.17. The Kier molecular flexibility index (Phi) is 6.18. The van der Waals surface area contributed by atoms with Crippen LogP contribution in [0.5, 0.6) is 5.75 Å². The van der Waals surface area contributed by atoms with Gasteiger partial charge in [-0.3, -0.25) is 14.5 Å². The van der Waals surface area contributed by atoms with E-state index in [9.17, 15) is 4.79 Å². The summed E-state index contributed by atoms with van der Waals surface area (Å²) in [6, 6.07) is 2.36. The molecule has 4 heterocycles. The average molecular weight is 428 g/mol. The van der Waals surface area contributed by atoms with E-state index >= 15 is 0 Å². The predicted molar refractivity (Wildman–Crippen MR) is 119 cm³/mol. The minimum absolute atomic E-state index is 0.0997. The molecule has 2 aliphatic heterocycles. The summed E-state index contributed by atoms with van der Waals surface area (Å²) in [6.45, 7) is 8.70. The summed E-state index contributed by atoms with van der Waals surface area (Å²) in [5.74, 6) is 2.04. The number of hydrogen-bond donors (Lipinski definition) is 0. The molecule has 1 saturated heterocycles. The Balaban J connectivity index is 1.75. The maximum atomic E-state index is 12.1. The van der Waals surface area contributed by atoms with E-state index in [1.54, 1.807) is 14.0 Å². The Morgan fingerprint density at radius 3 is 2.71 bits per heavy atom. The van der Waals surface area contributed by atoms with E-state index in [0.29, 0.717) is 12.6 Å². The maximum Gasteiger partial charge on any atom is 0.219 e. The van der Waals surface area contributed by atoms with Gasteiger partial charge >= 0.3 is 0 Å². The molecule has 0 aromatic carbocycles. The summed E-state index contributed by atoms with van der Waals surface area (Å²) in [7, 11) is 3.69. The molecule has 0 spiro atoms. The van der Waals surface area contributed by atoms with E-state index in [1.165, 1.54) is 5.69 Å². The van der Waals surface area contributed by atoms with Crippen molar-refractivity contribution >= 4 is 17.4 Å². The largest absolute Gasteiger partial charge is 0.495 e. The molecule has 0 radical (unpaired) electrons. The highest BCUT2D eigenvalue weighted by Crippen LogP contribution is 2.37. The maximum absolute atomic E-state index is 12.1. The number of carbonyl (C=O) groups is 1. The summed E-state index contributed by atoms with van der Waals surface area (Å²) in [4.78, 5) is 20.7. The van der Waals surface area contributed by atoms with Crippen molar-refractivity contribution in [2.45, 2.75) is 58.5 Å². The van der Waals surface area contributed by atoms with Crippen LogP contribution in [-0.4, -0.2) is 59.5 Å². The SMILES string of the molecule is COc1cc(N(C)c2nn(C3CCOCC3)c3c2CN(C(C)=O)CC3)cnc1C(C)C. The van der Waals surface area contributed by atoms with Gasteiger partial charge in [0, 0.05) is 57.5 Å². The zero-order valence-corrected chi connectivity index (χ0v) is 19.2. The Morgan fingerprint density at radius 2 is 2.06 bits per heavy atom. The molecule has 0 aliphatic carbocycles. The quantitative estimate of drug-likeness (QED) is 0.728. The van der Waals surface area contributed by atoms with Gasteiger partial charge in [0.05, 0.1) is 37.3 Å². The van der Waals surface area contributed by atoms with E-state index in [4.69, 9.17) is 14.6 Å². The number of pyridine rings is 1. The molecule has 2 aromatic rings. The first-order chi connectivity index (χ1) is 14.9. The molecule has 0 N–H and O–H groups in total. The fourth-order valence-electron chi connectivity index (χ4n) is 4.55. The second-order valence-electron chi connectivity index (χ2n) is 8.72. The van der Waals surface area contributed by atoms with E-state index in [0.717, 1.165) is 67.5 Å². The highest BCUT2D eigenvalue weighted by molar-refractivity contribution is 5.74. The first-order valence-corrected chi connectivity index (χ1v) is 11.1. The van der Waals surface area contributed by atoms with Gasteiger partial charge in [-0.25, -0.2) is 0 Å². The van der Waals surface area contributed by atoms with Crippen molar-refractivity contribution in [3.63, 3.8) is 0 Å². The number of nitrogens with zero attached hydrogens (tertiary/aromatic N) is 5. The van der Waals surface area contributed by atoms with Crippen molar-refractivity contribution in [2.75, 3.05) is 38.8 Å². The lowest BCUT2D eigenvalue weighted by Crippen LogP contribution is -2.35. The monoisotopic (exact) mass is 427 g/mol. The molecule has 0 unspecified atom stereocenters. The van der Waals surface area contributed by atoms with Crippen molar-refractivity contribution < 1.29 is 14.3 Å². The Labute approximate surface area is 184 Å². The highest BCUT2D eigenvalue weighted by atomic mass is 16.5. The molecule has 8 heteroatoms. The summed E-state index contributed by atoms with van der Waals surface area (Å²) in [5.41, 5.74) is 4.23. The molecule has 0 saturated carbocycles. The second-order valence-corrected chi connectivity index (χ2v) is 8.72. The van der Waals surface area contributed by atoms with Gasteiger partial charge in [0.15, 0.2) is 5.82 Å². The van der Waals surface area contributed by atoms with Gasteiger partial charge < -0.3 is 19.3 Å². The number of methoxy groups -OCH3 is 1. The Hall–Kier alpha value is -2.61. The van der Waals surface area contributed by atoms with Crippen LogP contribution in [0, 0.1) is 0 Å². The molecule has 4 rings (SSSR count). The van der Waals surface area contributed by atoms with Crippen molar-refractivity contribution in [1.29, 1.82) is 0 Å². The summed E-state index contributed by atoms with van der Waals surface area (Å²) in [6.07, 6.45) is 4.63. The standard InChI is InChI=1S/C23H33N5O3/c1-15(2)22-21(30-5)12-18(13-24-22)26(4)23-19-14-27(16(3)29)9-6-20(19)28(25-23)17-7-10-31-11-8-17/h12-13,15,17H,6-11,14H2,1-5H3.